The maximum atomic E-state index is 12.9. The predicted octanol–water partition coefficient (Wildman–Crippen LogP) is 5.26. The van der Waals surface area contributed by atoms with Crippen molar-refractivity contribution in [1.82, 2.24) is 0 Å². The normalized spacial score (nSPS) is 11.7. The fourth-order valence-electron chi connectivity index (χ4n) is 3.54. The smallest absolute Gasteiger partial charge is 0.339 e. The van der Waals surface area contributed by atoms with E-state index in [-0.39, 0.29) is 11.1 Å². The number of hydrogen-bond donors (Lipinski definition) is 1. The minimum Gasteiger partial charge on any atom is -0.478 e. The van der Waals surface area contributed by atoms with Crippen LogP contribution in [0.4, 0.5) is 0 Å². The second-order valence-electron chi connectivity index (χ2n) is 6.86. The Hall–Kier alpha value is -3.40. The summed E-state index contributed by atoms with van der Waals surface area (Å²) in [6, 6.07) is 19.7. The van der Waals surface area contributed by atoms with E-state index in [4.69, 9.17) is 4.74 Å². The third-order valence-corrected chi connectivity index (χ3v) is 4.70. The molecule has 0 aromatic heterocycles. The van der Waals surface area contributed by atoms with Gasteiger partial charge in [0.2, 0.25) is 0 Å². The van der Waals surface area contributed by atoms with Crippen LogP contribution in [-0.4, -0.2) is 17.0 Å². The van der Waals surface area contributed by atoms with Crippen LogP contribution in [0.5, 0.6) is 0 Å². The Morgan fingerprint density at radius 1 is 0.821 bits per heavy atom. The van der Waals surface area contributed by atoms with E-state index in [0.29, 0.717) is 0 Å². The molecule has 142 valence electrons. The summed E-state index contributed by atoms with van der Waals surface area (Å²) in [6.07, 6.45) is -0.629. The summed E-state index contributed by atoms with van der Waals surface area (Å²) < 4.78 is 5.90. The van der Waals surface area contributed by atoms with Crippen LogP contribution in [0, 0.1) is 20.8 Å². The average Bonchev–Trinajstić information content (AvgIpc) is 2.67. The van der Waals surface area contributed by atoms with Gasteiger partial charge in [0.1, 0.15) is 0 Å². The molecule has 0 radical (unpaired) electrons. The second-order valence-corrected chi connectivity index (χ2v) is 6.86. The lowest BCUT2D eigenvalue weighted by Crippen LogP contribution is -2.17. The van der Waals surface area contributed by atoms with Crippen molar-refractivity contribution in [3.05, 3.63) is 106 Å². The third kappa shape index (κ3) is 3.96. The Bertz CT molecular complexity index is 999. The van der Waals surface area contributed by atoms with Gasteiger partial charge in [-0.1, -0.05) is 60.2 Å². The van der Waals surface area contributed by atoms with E-state index >= 15 is 0 Å². The van der Waals surface area contributed by atoms with E-state index in [2.05, 4.69) is 12.1 Å². The van der Waals surface area contributed by atoms with E-state index in [0.717, 1.165) is 27.8 Å². The van der Waals surface area contributed by atoms with E-state index in [1.807, 2.05) is 51.1 Å². The highest BCUT2D eigenvalue weighted by Crippen LogP contribution is 2.33. The minimum absolute atomic E-state index is 0.0401. The van der Waals surface area contributed by atoms with Crippen molar-refractivity contribution in [3.63, 3.8) is 0 Å². The van der Waals surface area contributed by atoms with Gasteiger partial charge in [0.25, 0.3) is 0 Å². The van der Waals surface area contributed by atoms with Gasteiger partial charge in [0, 0.05) is 5.56 Å². The highest BCUT2D eigenvalue weighted by atomic mass is 16.5. The summed E-state index contributed by atoms with van der Waals surface area (Å²) in [6.45, 7) is 6.00. The number of carbonyl (C=O) groups is 2. The van der Waals surface area contributed by atoms with Gasteiger partial charge in [-0.3, -0.25) is 0 Å². The number of benzene rings is 3. The number of hydrogen-bond acceptors (Lipinski definition) is 3. The van der Waals surface area contributed by atoms with E-state index in [1.165, 1.54) is 12.1 Å². The number of ether oxygens (including phenoxy) is 1. The Morgan fingerprint density at radius 3 is 1.93 bits per heavy atom. The fraction of sp³-hybridized carbons (Fsp3) is 0.167. The first-order chi connectivity index (χ1) is 13.4. The van der Waals surface area contributed by atoms with Crippen molar-refractivity contribution >= 4 is 11.9 Å². The lowest BCUT2D eigenvalue weighted by molar-refractivity contribution is 0.0369. The Kier molecular flexibility index (Phi) is 5.59. The lowest BCUT2D eigenvalue weighted by atomic mass is 9.91. The van der Waals surface area contributed by atoms with Crippen LogP contribution in [0.1, 0.15) is 54.6 Å². The second kappa shape index (κ2) is 8.09. The predicted molar refractivity (Wildman–Crippen MR) is 108 cm³/mol. The number of esters is 1. The van der Waals surface area contributed by atoms with Gasteiger partial charge in [-0.2, -0.15) is 0 Å². The molecule has 0 aliphatic carbocycles. The molecule has 0 spiro atoms. The molecule has 0 fully saturated rings. The van der Waals surface area contributed by atoms with Crippen molar-refractivity contribution in [2.45, 2.75) is 26.9 Å². The van der Waals surface area contributed by atoms with Crippen LogP contribution in [-0.2, 0) is 4.74 Å². The average molecular weight is 374 g/mol. The van der Waals surface area contributed by atoms with Gasteiger partial charge in [-0.05, 0) is 49.6 Å². The molecular formula is C24H22O4. The first kappa shape index (κ1) is 19.4. The van der Waals surface area contributed by atoms with Crippen molar-refractivity contribution < 1.29 is 19.4 Å². The molecule has 0 saturated heterocycles. The lowest BCUT2D eigenvalue weighted by Gasteiger charge is -2.23. The summed E-state index contributed by atoms with van der Waals surface area (Å²) in [4.78, 5) is 24.4. The molecule has 0 aliphatic rings. The SMILES string of the molecule is Cc1cc(C)c([C@@H](OC(=O)c2ccccc2C(=O)O)c2ccccc2)c(C)c1. The third-order valence-electron chi connectivity index (χ3n) is 4.70. The molecule has 3 aromatic rings. The van der Waals surface area contributed by atoms with Gasteiger partial charge in [0.15, 0.2) is 6.10 Å². The largest absolute Gasteiger partial charge is 0.478 e. The summed E-state index contributed by atoms with van der Waals surface area (Å²) in [7, 11) is 0. The van der Waals surface area contributed by atoms with E-state index in [1.54, 1.807) is 12.1 Å². The van der Waals surface area contributed by atoms with Crippen LogP contribution in [0.3, 0.4) is 0 Å². The number of carboxylic acid groups (broad SMARTS) is 1. The van der Waals surface area contributed by atoms with Crippen molar-refractivity contribution in [2.24, 2.45) is 0 Å². The highest BCUT2D eigenvalue weighted by Gasteiger charge is 2.25. The number of carbonyl (C=O) groups excluding carboxylic acids is 1. The summed E-state index contributed by atoms with van der Waals surface area (Å²) >= 11 is 0. The first-order valence-corrected chi connectivity index (χ1v) is 9.04. The molecule has 0 amide bonds. The molecule has 1 atom stereocenters. The molecule has 4 nitrogen and oxygen atoms in total. The van der Waals surface area contributed by atoms with Gasteiger partial charge in [-0.15, -0.1) is 0 Å². The molecule has 4 heteroatoms. The van der Waals surface area contributed by atoms with E-state index in [9.17, 15) is 14.7 Å². The molecule has 0 aliphatic heterocycles. The Morgan fingerprint density at radius 2 is 1.36 bits per heavy atom. The van der Waals surface area contributed by atoms with E-state index < -0.39 is 18.0 Å². The number of rotatable bonds is 5. The Balaban J connectivity index is 2.08. The van der Waals surface area contributed by atoms with Gasteiger partial charge >= 0.3 is 11.9 Å². The zero-order chi connectivity index (χ0) is 20.3. The topological polar surface area (TPSA) is 63.6 Å². The molecule has 0 unspecified atom stereocenters. The summed E-state index contributed by atoms with van der Waals surface area (Å²) in [5, 5.41) is 9.39. The maximum absolute atomic E-state index is 12.9. The molecule has 28 heavy (non-hydrogen) atoms. The van der Waals surface area contributed by atoms with Crippen LogP contribution < -0.4 is 0 Å². The van der Waals surface area contributed by atoms with Gasteiger partial charge in [0.05, 0.1) is 11.1 Å². The molecular weight excluding hydrogens is 352 g/mol. The highest BCUT2D eigenvalue weighted by molar-refractivity contribution is 6.02. The molecule has 3 aromatic carbocycles. The Labute approximate surface area is 164 Å². The summed E-state index contributed by atoms with van der Waals surface area (Å²) in [5.41, 5.74) is 4.89. The molecule has 0 heterocycles. The van der Waals surface area contributed by atoms with Crippen molar-refractivity contribution in [2.75, 3.05) is 0 Å². The van der Waals surface area contributed by atoms with Crippen molar-refractivity contribution in [3.8, 4) is 0 Å². The molecule has 0 saturated carbocycles. The maximum Gasteiger partial charge on any atom is 0.339 e. The zero-order valence-corrected chi connectivity index (χ0v) is 16.1. The fourth-order valence-corrected chi connectivity index (χ4v) is 3.54. The van der Waals surface area contributed by atoms with Crippen LogP contribution in [0.2, 0.25) is 0 Å². The number of carboxylic acids is 1. The quantitative estimate of drug-likeness (QED) is 0.619. The molecule has 3 rings (SSSR count). The van der Waals surface area contributed by atoms with Crippen LogP contribution in [0.25, 0.3) is 0 Å². The minimum atomic E-state index is -1.16. The molecule has 0 bridgehead atoms. The monoisotopic (exact) mass is 374 g/mol. The van der Waals surface area contributed by atoms with Crippen LogP contribution >= 0.6 is 0 Å². The zero-order valence-electron chi connectivity index (χ0n) is 16.1. The van der Waals surface area contributed by atoms with Crippen molar-refractivity contribution in [1.29, 1.82) is 0 Å². The number of aromatic carboxylic acids is 1. The first-order valence-electron chi connectivity index (χ1n) is 9.04. The van der Waals surface area contributed by atoms with Gasteiger partial charge < -0.3 is 9.84 Å². The number of aryl methyl sites for hydroxylation is 3. The summed E-state index contributed by atoms with van der Waals surface area (Å²) in [5.74, 6) is -1.82. The van der Waals surface area contributed by atoms with Crippen LogP contribution in [0.15, 0.2) is 66.7 Å². The van der Waals surface area contributed by atoms with Gasteiger partial charge in [-0.25, -0.2) is 9.59 Å². The molecule has 1 N–H and O–H groups in total. The standard InChI is InChI=1S/C24H22O4/c1-15-13-16(2)21(17(3)14-15)22(18-9-5-4-6-10-18)28-24(27)20-12-8-7-11-19(20)23(25)26/h4-14,22H,1-3H3,(H,25,26)/t22-/m0/s1.